The Morgan fingerprint density at radius 2 is 1.95 bits per heavy atom. The van der Waals surface area contributed by atoms with Gasteiger partial charge < -0.3 is 4.90 Å². The third-order valence-corrected chi connectivity index (χ3v) is 5.62. The highest BCUT2D eigenvalue weighted by Crippen LogP contribution is 2.19. The molecule has 1 fully saturated rings. The second-order valence-electron chi connectivity index (χ2n) is 5.01. The number of benzene rings is 1. The third-order valence-electron chi connectivity index (χ3n) is 3.66. The van der Waals surface area contributed by atoms with Crippen LogP contribution in [0.4, 0.5) is 0 Å². The van der Waals surface area contributed by atoms with Crippen LogP contribution < -0.4 is 4.90 Å². The van der Waals surface area contributed by atoms with Gasteiger partial charge in [0, 0.05) is 0 Å². The summed E-state index contributed by atoms with van der Waals surface area (Å²) in [4.78, 5) is 1.58. The molecule has 5 nitrogen and oxygen atoms in total. The van der Waals surface area contributed by atoms with Crippen molar-refractivity contribution in [2.75, 3.05) is 32.7 Å². The van der Waals surface area contributed by atoms with Crippen LogP contribution in [0.3, 0.4) is 0 Å². The molecule has 1 aliphatic heterocycles. The average molecular weight is 294 g/mol. The van der Waals surface area contributed by atoms with Gasteiger partial charge in [-0.3, -0.25) is 0 Å². The minimum absolute atomic E-state index is 0.126. The summed E-state index contributed by atoms with van der Waals surface area (Å²) in [6.07, 6.45) is 1.11. The number of nitriles is 1. The lowest BCUT2D eigenvalue weighted by Crippen LogP contribution is -3.14. The number of hydrogen-bond acceptors (Lipinski definition) is 3. The molecule has 20 heavy (non-hydrogen) atoms. The number of quaternary nitrogens is 1. The molecule has 0 saturated carbocycles. The van der Waals surface area contributed by atoms with Gasteiger partial charge in [-0.15, -0.1) is 0 Å². The van der Waals surface area contributed by atoms with Gasteiger partial charge in [-0.05, 0) is 18.6 Å². The van der Waals surface area contributed by atoms with Crippen LogP contribution in [0.1, 0.15) is 18.9 Å². The van der Waals surface area contributed by atoms with Gasteiger partial charge in [-0.25, -0.2) is 8.42 Å². The van der Waals surface area contributed by atoms with E-state index in [0.717, 1.165) is 26.1 Å². The second kappa shape index (κ2) is 6.35. The van der Waals surface area contributed by atoms with Gasteiger partial charge in [-0.2, -0.15) is 9.57 Å². The van der Waals surface area contributed by atoms with E-state index >= 15 is 0 Å². The average Bonchev–Trinajstić information content (AvgIpc) is 2.48. The molecule has 6 heteroatoms. The highest BCUT2D eigenvalue weighted by atomic mass is 32.2. The van der Waals surface area contributed by atoms with Crippen molar-refractivity contribution >= 4 is 10.0 Å². The molecular formula is C14H20N3O2S+. The summed E-state index contributed by atoms with van der Waals surface area (Å²) in [5.74, 6) is 0. The maximum Gasteiger partial charge on any atom is 0.244 e. The molecule has 0 amide bonds. The fourth-order valence-corrected chi connectivity index (χ4v) is 4.15. The summed E-state index contributed by atoms with van der Waals surface area (Å²) in [6.45, 7) is 5.94. The SMILES string of the molecule is CCC[NH+]1CCN(S(=O)(=O)c2ccccc2C#N)CC1. The van der Waals surface area contributed by atoms with Gasteiger partial charge >= 0.3 is 0 Å². The van der Waals surface area contributed by atoms with E-state index in [0.29, 0.717) is 13.1 Å². The standard InChI is InChI=1S/C14H19N3O2S/c1-2-7-16-8-10-17(11-9-16)20(18,19)14-6-4-3-5-13(14)12-15/h3-6H,2,7-11H2,1H3/p+1. The van der Waals surface area contributed by atoms with Crippen LogP contribution >= 0.6 is 0 Å². The monoisotopic (exact) mass is 294 g/mol. The van der Waals surface area contributed by atoms with Crippen LogP contribution in [0.2, 0.25) is 0 Å². The molecule has 1 aliphatic rings. The Kier molecular flexibility index (Phi) is 4.76. The van der Waals surface area contributed by atoms with Gasteiger partial charge in [0.15, 0.2) is 0 Å². The lowest BCUT2D eigenvalue weighted by Gasteiger charge is -2.31. The predicted octanol–water partition coefficient (Wildman–Crippen LogP) is -0.143. The molecule has 1 aromatic carbocycles. The Hall–Kier alpha value is -1.42. The van der Waals surface area contributed by atoms with Gasteiger partial charge in [-0.1, -0.05) is 19.1 Å². The first-order chi connectivity index (χ1) is 9.59. The highest BCUT2D eigenvalue weighted by Gasteiger charge is 2.31. The molecule has 108 valence electrons. The van der Waals surface area contributed by atoms with Crippen molar-refractivity contribution in [3.63, 3.8) is 0 Å². The normalized spacial score (nSPS) is 17.8. The molecule has 0 bridgehead atoms. The summed E-state index contributed by atoms with van der Waals surface area (Å²) >= 11 is 0. The third kappa shape index (κ3) is 3.01. The van der Waals surface area contributed by atoms with Crippen LogP contribution in [0.15, 0.2) is 29.2 Å². The highest BCUT2D eigenvalue weighted by molar-refractivity contribution is 7.89. The topological polar surface area (TPSA) is 65.6 Å². The van der Waals surface area contributed by atoms with E-state index in [1.165, 1.54) is 15.3 Å². The molecule has 1 aromatic rings. The summed E-state index contributed by atoms with van der Waals surface area (Å²) in [5, 5.41) is 9.06. The van der Waals surface area contributed by atoms with E-state index in [1.54, 1.807) is 18.2 Å². The number of nitrogens with zero attached hydrogens (tertiary/aromatic N) is 2. The van der Waals surface area contributed by atoms with Crippen molar-refractivity contribution in [1.82, 2.24) is 4.31 Å². The summed E-state index contributed by atoms with van der Waals surface area (Å²) in [5.41, 5.74) is 0.218. The van der Waals surface area contributed by atoms with E-state index < -0.39 is 10.0 Å². The first-order valence-corrected chi connectivity index (χ1v) is 8.36. The zero-order chi connectivity index (χ0) is 14.6. The van der Waals surface area contributed by atoms with E-state index in [4.69, 9.17) is 5.26 Å². The smallest absolute Gasteiger partial charge is 0.244 e. The van der Waals surface area contributed by atoms with E-state index in [1.807, 2.05) is 6.07 Å². The molecule has 0 spiro atoms. The van der Waals surface area contributed by atoms with Gasteiger partial charge in [0.05, 0.1) is 43.2 Å². The van der Waals surface area contributed by atoms with Crippen molar-refractivity contribution in [3.05, 3.63) is 29.8 Å². The number of hydrogen-bond donors (Lipinski definition) is 1. The largest absolute Gasteiger partial charge is 0.333 e. The number of sulfonamides is 1. The van der Waals surface area contributed by atoms with E-state index in [2.05, 4.69) is 6.92 Å². The Morgan fingerprint density at radius 3 is 2.55 bits per heavy atom. The van der Waals surface area contributed by atoms with Crippen molar-refractivity contribution < 1.29 is 13.3 Å². The molecule has 0 radical (unpaired) electrons. The number of rotatable bonds is 4. The lowest BCUT2D eigenvalue weighted by atomic mass is 10.2. The fraction of sp³-hybridized carbons (Fsp3) is 0.500. The van der Waals surface area contributed by atoms with Crippen LogP contribution in [-0.2, 0) is 10.0 Å². The van der Waals surface area contributed by atoms with Crippen molar-refractivity contribution in [2.24, 2.45) is 0 Å². The van der Waals surface area contributed by atoms with Gasteiger partial charge in [0.25, 0.3) is 0 Å². The first kappa shape index (κ1) is 15.0. The Morgan fingerprint density at radius 1 is 1.30 bits per heavy atom. The lowest BCUT2D eigenvalue weighted by molar-refractivity contribution is -0.903. The maximum atomic E-state index is 12.6. The van der Waals surface area contributed by atoms with Crippen LogP contribution in [-0.4, -0.2) is 45.4 Å². The molecule has 0 aromatic heterocycles. The molecule has 0 atom stereocenters. The Labute approximate surface area is 120 Å². The van der Waals surface area contributed by atoms with Crippen molar-refractivity contribution in [3.8, 4) is 6.07 Å². The van der Waals surface area contributed by atoms with Crippen LogP contribution in [0.25, 0.3) is 0 Å². The predicted molar refractivity (Wildman–Crippen MR) is 75.8 cm³/mol. The maximum absolute atomic E-state index is 12.6. The van der Waals surface area contributed by atoms with Crippen LogP contribution in [0.5, 0.6) is 0 Å². The second-order valence-corrected chi connectivity index (χ2v) is 6.92. The van der Waals surface area contributed by atoms with Crippen molar-refractivity contribution in [2.45, 2.75) is 18.2 Å². The van der Waals surface area contributed by atoms with Gasteiger partial charge in [0.1, 0.15) is 6.07 Å². The zero-order valence-electron chi connectivity index (χ0n) is 11.7. The molecule has 0 unspecified atom stereocenters. The van der Waals surface area contributed by atoms with E-state index in [-0.39, 0.29) is 10.5 Å². The van der Waals surface area contributed by atoms with Gasteiger partial charge in [0.2, 0.25) is 10.0 Å². The quantitative estimate of drug-likeness (QED) is 0.840. The molecule has 2 rings (SSSR count). The minimum Gasteiger partial charge on any atom is -0.333 e. The summed E-state index contributed by atoms with van der Waals surface area (Å²) in [6, 6.07) is 8.36. The number of piperazine rings is 1. The molecule has 1 heterocycles. The van der Waals surface area contributed by atoms with Crippen LogP contribution in [0, 0.1) is 11.3 Å². The minimum atomic E-state index is -3.55. The molecular weight excluding hydrogens is 274 g/mol. The number of nitrogens with one attached hydrogen (secondary N) is 1. The van der Waals surface area contributed by atoms with E-state index in [9.17, 15) is 8.42 Å². The Balaban J connectivity index is 2.18. The molecule has 0 aliphatic carbocycles. The summed E-state index contributed by atoms with van der Waals surface area (Å²) < 4.78 is 26.7. The van der Waals surface area contributed by atoms with Crippen molar-refractivity contribution in [1.29, 1.82) is 5.26 Å². The first-order valence-electron chi connectivity index (χ1n) is 6.92. The Bertz CT molecular complexity index is 599. The fourth-order valence-electron chi connectivity index (χ4n) is 2.57. The molecule has 1 saturated heterocycles. The zero-order valence-corrected chi connectivity index (χ0v) is 12.5. The summed E-state index contributed by atoms with van der Waals surface area (Å²) in [7, 11) is -3.55. The molecule has 1 N–H and O–H groups in total.